The molecule has 2 heterocycles. The average Bonchev–Trinajstić information content (AvgIpc) is 3.17. The number of nitrogens with one attached hydrogen (secondary N) is 4. The number of aliphatic carboxylic acids is 1. The van der Waals surface area contributed by atoms with Crippen molar-refractivity contribution in [2.75, 3.05) is 6.54 Å². The highest BCUT2D eigenvalue weighted by Gasteiger charge is 2.64. The number of rotatable bonds is 8. The van der Waals surface area contributed by atoms with Crippen LogP contribution in [-0.4, -0.2) is 68.3 Å². The molecule has 5 N–H and O–H groups in total. The van der Waals surface area contributed by atoms with Crippen molar-refractivity contribution < 1.29 is 24.3 Å². The Hall–Kier alpha value is -4.37. The van der Waals surface area contributed by atoms with Crippen molar-refractivity contribution in [1.82, 2.24) is 20.9 Å². The molecule has 2 aliphatic rings. The van der Waals surface area contributed by atoms with Gasteiger partial charge in [0.25, 0.3) is 0 Å². The summed E-state index contributed by atoms with van der Waals surface area (Å²) < 4.78 is -0.735. The third kappa shape index (κ3) is 5.19. The second-order valence-corrected chi connectivity index (χ2v) is 11.2. The highest BCUT2D eigenvalue weighted by Crippen LogP contribution is 2.50. The Labute approximate surface area is 223 Å². The van der Waals surface area contributed by atoms with Gasteiger partial charge < -0.3 is 26.0 Å². The number of carboxylic acids is 1. The monoisotopic (exact) mass is 534 g/mol. The van der Waals surface area contributed by atoms with Gasteiger partial charge in [-0.3, -0.25) is 19.8 Å². The molecule has 11 nitrogen and oxygen atoms in total. The van der Waals surface area contributed by atoms with Gasteiger partial charge in [0.15, 0.2) is 0 Å². The Balaban J connectivity index is 1.43. The fourth-order valence-corrected chi connectivity index (χ4v) is 6.18. The number of nitrogens with zero attached hydrogens (tertiary/aromatic N) is 2. The lowest BCUT2D eigenvalue weighted by atomic mass is 9.95. The number of hydrogen-bond acceptors (Lipinski definition) is 7. The van der Waals surface area contributed by atoms with Crippen LogP contribution >= 0.6 is 11.8 Å². The van der Waals surface area contributed by atoms with Gasteiger partial charge in [0.2, 0.25) is 17.7 Å². The van der Waals surface area contributed by atoms with E-state index in [4.69, 9.17) is 10.7 Å². The zero-order valence-corrected chi connectivity index (χ0v) is 21.4. The molecule has 2 aliphatic heterocycles. The third-order valence-electron chi connectivity index (χ3n) is 6.38. The molecule has 4 rings (SSSR count). The summed E-state index contributed by atoms with van der Waals surface area (Å²) in [5, 5.41) is 34.3. The second-order valence-electron chi connectivity index (χ2n) is 9.42. The molecule has 4 atom stereocenters. The standard InChI is InChI=1S/C26H26N6O5S/c1-26(2)20(25(36)37)32-23(35)19(24(32)38-26)31-22(34)18(15-8-4-3-5-9-15)30-17(33)13-29-21(28)16-10-6-7-14(11-16)12-27/h3-11,18-20,24H,13H2,1-2H3,(H2,28,29)(H,30,33)(H,31,34)(H,36,37)/t18?,19?,20-,24+/m0/s1. The van der Waals surface area contributed by atoms with Crippen molar-refractivity contribution in [2.45, 2.75) is 42.1 Å². The van der Waals surface area contributed by atoms with Crippen LogP contribution in [0.3, 0.4) is 0 Å². The summed E-state index contributed by atoms with van der Waals surface area (Å²) in [5.74, 6) is -2.83. The molecule has 0 aliphatic carbocycles. The number of amides is 3. The Bertz CT molecular complexity index is 1340. The molecular weight excluding hydrogens is 508 g/mol. The van der Waals surface area contributed by atoms with Gasteiger partial charge >= 0.3 is 5.97 Å². The van der Waals surface area contributed by atoms with Crippen LogP contribution in [-0.2, 0) is 19.2 Å². The van der Waals surface area contributed by atoms with E-state index in [0.29, 0.717) is 16.7 Å². The first kappa shape index (κ1) is 26.7. The Morgan fingerprint density at radius 1 is 1.18 bits per heavy atom. The van der Waals surface area contributed by atoms with E-state index in [1.165, 1.54) is 22.7 Å². The fourth-order valence-electron chi connectivity index (χ4n) is 4.55. The van der Waals surface area contributed by atoms with E-state index in [-0.39, 0.29) is 12.4 Å². The summed E-state index contributed by atoms with van der Waals surface area (Å²) >= 11 is 1.31. The van der Waals surface area contributed by atoms with Gasteiger partial charge in [0.05, 0.1) is 18.2 Å². The fraction of sp³-hybridized carbons (Fsp3) is 0.308. The highest BCUT2D eigenvalue weighted by atomic mass is 32.2. The maximum Gasteiger partial charge on any atom is 0.327 e. The highest BCUT2D eigenvalue weighted by molar-refractivity contribution is 8.01. The minimum atomic E-state index is -1.13. The maximum absolute atomic E-state index is 13.3. The van der Waals surface area contributed by atoms with Crippen LogP contribution in [0.5, 0.6) is 0 Å². The molecule has 2 fully saturated rings. The van der Waals surface area contributed by atoms with E-state index in [1.807, 2.05) is 6.07 Å². The molecule has 196 valence electrons. The Morgan fingerprint density at radius 2 is 1.89 bits per heavy atom. The lowest BCUT2D eigenvalue weighted by molar-refractivity contribution is -0.161. The molecule has 0 saturated carbocycles. The predicted octanol–water partition coefficient (Wildman–Crippen LogP) is 0.962. The summed E-state index contributed by atoms with van der Waals surface area (Å²) in [6.45, 7) is 3.18. The van der Waals surface area contributed by atoms with Gasteiger partial charge in [-0.05, 0) is 31.5 Å². The van der Waals surface area contributed by atoms with E-state index in [1.54, 1.807) is 62.4 Å². The first-order chi connectivity index (χ1) is 18.0. The molecule has 38 heavy (non-hydrogen) atoms. The number of nitriles is 1. The van der Waals surface area contributed by atoms with Crippen molar-refractivity contribution in [3.8, 4) is 6.07 Å². The van der Waals surface area contributed by atoms with Crippen LogP contribution in [0.1, 0.15) is 36.6 Å². The second kappa shape index (κ2) is 10.5. The van der Waals surface area contributed by atoms with Crippen LogP contribution in [0, 0.1) is 16.7 Å². The molecule has 0 aromatic heterocycles. The number of hydrogen-bond donors (Lipinski definition) is 5. The largest absolute Gasteiger partial charge is 0.480 e. The number of carbonyl (C=O) groups excluding carboxylic acids is 3. The number of benzene rings is 2. The first-order valence-corrected chi connectivity index (χ1v) is 12.6. The lowest BCUT2D eigenvalue weighted by Crippen LogP contribution is -2.71. The van der Waals surface area contributed by atoms with Crippen molar-refractivity contribution in [3.63, 3.8) is 0 Å². The van der Waals surface area contributed by atoms with Crippen molar-refractivity contribution in [3.05, 3.63) is 71.3 Å². The average molecular weight is 535 g/mol. The quantitative estimate of drug-likeness (QED) is 0.189. The summed E-state index contributed by atoms with van der Waals surface area (Å²) in [6, 6.07) is 13.8. The zero-order chi connectivity index (χ0) is 27.6. The van der Waals surface area contributed by atoms with Gasteiger partial charge in [-0.1, -0.05) is 42.5 Å². The van der Waals surface area contributed by atoms with Gasteiger partial charge in [-0.25, -0.2) is 4.79 Å². The summed E-state index contributed by atoms with van der Waals surface area (Å²) in [4.78, 5) is 51.9. The van der Waals surface area contributed by atoms with Crippen LogP contribution in [0.15, 0.2) is 54.6 Å². The smallest absolute Gasteiger partial charge is 0.327 e. The molecule has 2 saturated heterocycles. The Kier molecular flexibility index (Phi) is 7.41. The number of β-lactam (4-membered cyclic amide) rings is 1. The summed E-state index contributed by atoms with van der Waals surface area (Å²) in [5.41, 5.74) is 1.29. The number of amidine groups is 1. The van der Waals surface area contributed by atoms with E-state index in [0.717, 1.165) is 0 Å². The minimum Gasteiger partial charge on any atom is -0.480 e. The molecule has 0 bridgehead atoms. The maximum atomic E-state index is 13.3. The molecule has 2 aromatic rings. The molecule has 2 aromatic carbocycles. The number of thioether (sulfide) groups is 1. The molecule has 12 heteroatoms. The molecule has 0 radical (unpaired) electrons. The number of fused-ring (bicyclic) bond motifs is 1. The summed E-state index contributed by atoms with van der Waals surface area (Å²) in [6.07, 6.45) is 0. The summed E-state index contributed by atoms with van der Waals surface area (Å²) in [7, 11) is 0. The number of carbonyl (C=O) groups is 4. The first-order valence-electron chi connectivity index (χ1n) is 11.7. The van der Waals surface area contributed by atoms with E-state index in [9.17, 15) is 24.3 Å². The minimum absolute atomic E-state index is 0.0630. The van der Waals surface area contributed by atoms with E-state index < -0.39 is 51.9 Å². The molecular formula is C26H26N6O5S. The zero-order valence-electron chi connectivity index (χ0n) is 20.6. The van der Waals surface area contributed by atoms with E-state index in [2.05, 4.69) is 16.0 Å². The van der Waals surface area contributed by atoms with Crippen LogP contribution in [0.2, 0.25) is 0 Å². The normalized spacial score (nSPS) is 21.8. The van der Waals surface area contributed by atoms with Crippen LogP contribution in [0.4, 0.5) is 0 Å². The van der Waals surface area contributed by atoms with Gasteiger partial charge in [-0.2, -0.15) is 5.26 Å². The van der Waals surface area contributed by atoms with Crippen LogP contribution in [0.25, 0.3) is 0 Å². The molecule has 2 unspecified atom stereocenters. The van der Waals surface area contributed by atoms with Gasteiger partial charge in [0, 0.05) is 10.3 Å². The third-order valence-corrected chi connectivity index (χ3v) is 7.95. The van der Waals surface area contributed by atoms with E-state index >= 15 is 0 Å². The van der Waals surface area contributed by atoms with Crippen LogP contribution < -0.4 is 16.0 Å². The van der Waals surface area contributed by atoms with Crippen molar-refractivity contribution >= 4 is 41.3 Å². The molecule has 3 amide bonds. The Morgan fingerprint density at radius 3 is 2.55 bits per heavy atom. The van der Waals surface area contributed by atoms with Crippen molar-refractivity contribution in [2.24, 2.45) is 0 Å². The molecule has 0 spiro atoms. The number of carboxylic acid groups (broad SMARTS) is 1. The SMILES string of the molecule is CC1(C)S[C@@H]2C(NC(=O)C(NC(=O)CNC(=N)c3cccc(C#N)c3)c3ccccc3)C(=O)N2[C@H]1C(=O)O. The van der Waals surface area contributed by atoms with Crippen molar-refractivity contribution in [1.29, 1.82) is 10.7 Å². The predicted molar refractivity (Wildman–Crippen MR) is 139 cm³/mol. The van der Waals surface area contributed by atoms with Gasteiger partial charge in [0.1, 0.15) is 29.3 Å². The van der Waals surface area contributed by atoms with Gasteiger partial charge in [-0.15, -0.1) is 11.8 Å². The lowest BCUT2D eigenvalue weighted by Gasteiger charge is -2.44. The topological polar surface area (TPSA) is 175 Å².